The van der Waals surface area contributed by atoms with Crippen LogP contribution in [0.2, 0.25) is 5.02 Å². The smallest absolute Gasteiger partial charge is 0.240 e. The lowest BCUT2D eigenvalue weighted by Crippen LogP contribution is -2.20. The van der Waals surface area contributed by atoms with Gasteiger partial charge in [-0.1, -0.05) is 24.6 Å². The van der Waals surface area contributed by atoms with Crippen molar-refractivity contribution in [2.75, 3.05) is 11.9 Å². The Morgan fingerprint density at radius 1 is 1.11 bits per heavy atom. The van der Waals surface area contributed by atoms with Crippen molar-refractivity contribution in [3.05, 3.63) is 59.1 Å². The van der Waals surface area contributed by atoms with E-state index in [9.17, 15) is 9.59 Å². The lowest BCUT2D eigenvalue weighted by molar-refractivity contribution is -0.124. The summed E-state index contributed by atoms with van der Waals surface area (Å²) in [5.41, 5.74) is 3.83. The Balaban J connectivity index is 1.70. The molecular weight excluding hydrogens is 366 g/mol. The maximum atomic E-state index is 11.8. The van der Waals surface area contributed by atoms with Gasteiger partial charge in [0.1, 0.15) is 5.75 Å². The van der Waals surface area contributed by atoms with Gasteiger partial charge in [0.25, 0.3) is 0 Å². The van der Waals surface area contributed by atoms with E-state index in [1.165, 1.54) is 6.21 Å². The number of amides is 2. The highest BCUT2D eigenvalue weighted by Gasteiger charge is 2.07. The molecule has 7 heteroatoms. The first kappa shape index (κ1) is 20.5. The van der Waals surface area contributed by atoms with Gasteiger partial charge in [0.2, 0.25) is 11.8 Å². The van der Waals surface area contributed by atoms with Crippen molar-refractivity contribution in [2.45, 2.75) is 26.2 Å². The quantitative estimate of drug-likeness (QED) is 0.504. The summed E-state index contributed by atoms with van der Waals surface area (Å²) < 4.78 is 5.50. The average Bonchev–Trinajstić information content (AvgIpc) is 2.66. The maximum Gasteiger partial charge on any atom is 0.240 e. The first-order valence-electron chi connectivity index (χ1n) is 8.67. The SMILES string of the molecule is CCCOc1ccc(C=NNC(=O)CCC(=O)Nc2cccc(Cl)c2)cc1. The Bertz CT molecular complexity index is 791. The van der Waals surface area contributed by atoms with Gasteiger partial charge in [-0.3, -0.25) is 9.59 Å². The van der Waals surface area contributed by atoms with Crippen molar-refractivity contribution in [3.8, 4) is 5.75 Å². The van der Waals surface area contributed by atoms with Crippen LogP contribution >= 0.6 is 11.6 Å². The standard InChI is InChI=1S/C20H22ClN3O3/c1-2-12-27-18-8-6-15(7-9-18)14-22-24-20(26)11-10-19(25)23-17-5-3-4-16(21)13-17/h3-9,13-14H,2,10-12H2,1H3,(H,23,25)(H,24,26). The van der Waals surface area contributed by atoms with Gasteiger partial charge in [0.15, 0.2) is 0 Å². The first-order chi connectivity index (χ1) is 13.1. The van der Waals surface area contributed by atoms with Crippen molar-refractivity contribution >= 4 is 35.3 Å². The molecular formula is C20H22ClN3O3. The average molecular weight is 388 g/mol. The second-order valence-corrected chi connectivity index (χ2v) is 6.21. The summed E-state index contributed by atoms with van der Waals surface area (Å²) in [6.45, 7) is 2.72. The van der Waals surface area contributed by atoms with Crippen LogP contribution in [0.3, 0.4) is 0 Å². The van der Waals surface area contributed by atoms with Gasteiger partial charge in [-0.15, -0.1) is 0 Å². The molecule has 2 aromatic rings. The minimum Gasteiger partial charge on any atom is -0.494 e. The van der Waals surface area contributed by atoms with Crippen molar-refractivity contribution < 1.29 is 14.3 Å². The minimum absolute atomic E-state index is 0.0353. The summed E-state index contributed by atoms with van der Waals surface area (Å²) in [6, 6.07) is 14.2. The molecule has 27 heavy (non-hydrogen) atoms. The van der Waals surface area contributed by atoms with E-state index in [0.29, 0.717) is 17.3 Å². The van der Waals surface area contributed by atoms with Gasteiger partial charge in [-0.25, -0.2) is 5.43 Å². The third-order valence-corrected chi connectivity index (χ3v) is 3.68. The molecule has 0 atom stereocenters. The zero-order valence-electron chi connectivity index (χ0n) is 15.1. The highest BCUT2D eigenvalue weighted by atomic mass is 35.5. The lowest BCUT2D eigenvalue weighted by atomic mass is 10.2. The van der Waals surface area contributed by atoms with Gasteiger partial charge in [0.05, 0.1) is 12.8 Å². The Kier molecular flexibility index (Phi) is 8.32. The Morgan fingerprint density at radius 3 is 2.56 bits per heavy atom. The van der Waals surface area contributed by atoms with E-state index in [1.807, 2.05) is 31.2 Å². The van der Waals surface area contributed by atoms with E-state index >= 15 is 0 Å². The summed E-state index contributed by atoms with van der Waals surface area (Å²) in [5, 5.41) is 7.11. The van der Waals surface area contributed by atoms with Crippen LogP contribution in [-0.2, 0) is 9.59 Å². The molecule has 0 bridgehead atoms. The van der Waals surface area contributed by atoms with Crippen LogP contribution in [0.1, 0.15) is 31.7 Å². The molecule has 0 aliphatic rings. The zero-order valence-corrected chi connectivity index (χ0v) is 15.8. The lowest BCUT2D eigenvalue weighted by Gasteiger charge is -2.05. The predicted octanol–water partition coefficient (Wildman–Crippen LogP) is 4.00. The van der Waals surface area contributed by atoms with Crippen LogP contribution in [0.15, 0.2) is 53.6 Å². The second kappa shape index (κ2) is 11.0. The van der Waals surface area contributed by atoms with E-state index in [-0.39, 0.29) is 24.7 Å². The number of nitrogens with zero attached hydrogens (tertiary/aromatic N) is 1. The van der Waals surface area contributed by atoms with E-state index in [0.717, 1.165) is 17.7 Å². The molecule has 0 aliphatic carbocycles. The minimum atomic E-state index is -0.338. The molecule has 0 spiro atoms. The van der Waals surface area contributed by atoms with Crippen molar-refractivity contribution in [3.63, 3.8) is 0 Å². The summed E-state index contributed by atoms with van der Waals surface area (Å²) >= 11 is 5.86. The molecule has 0 saturated carbocycles. The van der Waals surface area contributed by atoms with E-state index in [1.54, 1.807) is 24.3 Å². The number of nitrogens with one attached hydrogen (secondary N) is 2. The molecule has 2 amide bonds. The van der Waals surface area contributed by atoms with Crippen molar-refractivity contribution in [2.24, 2.45) is 5.10 Å². The van der Waals surface area contributed by atoms with Crippen molar-refractivity contribution in [1.29, 1.82) is 0 Å². The molecule has 0 aliphatic heterocycles. The molecule has 0 aromatic heterocycles. The van der Waals surface area contributed by atoms with Gasteiger partial charge in [-0.05, 0) is 54.4 Å². The molecule has 2 N–H and O–H groups in total. The van der Waals surface area contributed by atoms with Gasteiger partial charge in [0, 0.05) is 23.6 Å². The molecule has 0 unspecified atom stereocenters. The largest absolute Gasteiger partial charge is 0.494 e. The number of hydrazone groups is 1. The number of anilines is 1. The Hall–Kier alpha value is -2.86. The third-order valence-electron chi connectivity index (χ3n) is 3.44. The van der Waals surface area contributed by atoms with Crippen LogP contribution in [-0.4, -0.2) is 24.6 Å². The summed E-state index contributed by atoms with van der Waals surface area (Å²) in [5.74, 6) is 0.193. The number of rotatable bonds is 9. The number of carbonyl (C=O) groups excluding carboxylic acids is 2. The highest BCUT2D eigenvalue weighted by molar-refractivity contribution is 6.30. The second-order valence-electron chi connectivity index (χ2n) is 5.77. The fraction of sp³-hybridized carbons (Fsp3) is 0.250. The van der Waals surface area contributed by atoms with Crippen LogP contribution in [0.4, 0.5) is 5.69 Å². The van der Waals surface area contributed by atoms with E-state index in [2.05, 4.69) is 15.8 Å². The predicted molar refractivity (Wildman–Crippen MR) is 107 cm³/mol. The summed E-state index contributed by atoms with van der Waals surface area (Å²) in [6.07, 6.45) is 2.57. The highest BCUT2D eigenvalue weighted by Crippen LogP contribution is 2.15. The summed E-state index contributed by atoms with van der Waals surface area (Å²) in [4.78, 5) is 23.6. The number of carbonyl (C=O) groups is 2. The van der Waals surface area contributed by atoms with E-state index < -0.39 is 0 Å². The number of hydrogen-bond donors (Lipinski definition) is 2. The molecule has 2 rings (SSSR count). The van der Waals surface area contributed by atoms with Crippen LogP contribution < -0.4 is 15.5 Å². The first-order valence-corrected chi connectivity index (χ1v) is 9.05. The van der Waals surface area contributed by atoms with Crippen LogP contribution in [0.5, 0.6) is 5.75 Å². The molecule has 6 nitrogen and oxygen atoms in total. The molecule has 0 radical (unpaired) electrons. The van der Waals surface area contributed by atoms with Gasteiger partial charge < -0.3 is 10.1 Å². The monoisotopic (exact) mass is 387 g/mol. The van der Waals surface area contributed by atoms with Crippen LogP contribution in [0, 0.1) is 0 Å². The van der Waals surface area contributed by atoms with Crippen LogP contribution in [0.25, 0.3) is 0 Å². The Labute approximate surface area is 163 Å². The number of benzene rings is 2. The molecule has 2 aromatic carbocycles. The summed E-state index contributed by atoms with van der Waals surface area (Å²) in [7, 11) is 0. The third kappa shape index (κ3) is 7.92. The maximum absolute atomic E-state index is 11.8. The molecule has 0 fully saturated rings. The fourth-order valence-corrected chi connectivity index (χ4v) is 2.31. The Morgan fingerprint density at radius 2 is 1.85 bits per heavy atom. The fourth-order valence-electron chi connectivity index (χ4n) is 2.12. The number of halogens is 1. The normalized spacial score (nSPS) is 10.6. The van der Waals surface area contributed by atoms with Gasteiger partial charge in [-0.2, -0.15) is 5.10 Å². The topological polar surface area (TPSA) is 79.8 Å². The number of ether oxygens (including phenoxy) is 1. The van der Waals surface area contributed by atoms with Gasteiger partial charge >= 0.3 is 0 Å². The molecule has 0 saturated heterocycles. The van der Waals surface area contributed by atoms with E-state index in [4.69, 9.17) is 16.3 Å². The molecule has 142 valence electrons. The zero-order chi connectivity index (χ0) is 19.5. The number of hydrogen-bond acceptors (Lipinski definition) is 4. The molecule has 0 heterocycles. The van der Waals surface area contributed by atoms with Crippen molar-refractivity contribution in [1.82, 2.24) is 5.43 Å².